The molecule has 0 fully saturated rings. The fourth-order valence-corrected chi connectivity index (χ4v) is 2.76. The lowest BCUT2D eigenvalue weighted by atomic mass is 10.1. The lowest BCUT2D eigenvalue weighted by Crippen LogP contribution is -2.11. The Balaban J connectivity index is 2.38. The van der Waals surface area contributed by atoms with Gasteiger partial charge in [0.05, 0.1) is 11.4 Å². The molecule has 0 atom stereocenters. The van der Waals surface area contributed by atoms with Crippen LogP contribution in [0.1, 0.15) is 21.5 Å². The van der Waals surface area contributed by atoms with Crippen LogP contribution in [0.15, 0.2) is 34.8 Å². The van der Waals surface area contributed by atoms with E-state index in [4.69, 9.17) is 11.5 Å². The summed E-state index contributed by atoms with van der Waals surface area (Å²) in [5.74, 6) is -0.487. The van der Waals surface area contributed by atoms with Crippen LogP contribution in [0.5, 0.6) is 0 Å². The van der Waals surface area contributed by atoms with E-state index in [0.29, 0.717) is 11.3 Å². The van der Waals surface area contributed by atoms with E-state index in [2.05, 4.69) is 21.2 Å². The number of aryl methyl sites for hydroxylation is 2. The SMILES string of the molecule is Cc1cc(Br)cc(C)c1Nc1ccc(C(N)=O)cc1N. The minimum atomic E-state index is -0.487. The van der Waals surface area contributed by atoms with E-state index in [1.54, 1.807) is 18.2 Å². The molecule has 0 aromatic heterocycles. The first-order chi connectivity index (χ1) is 9.38. The highest BCUT2D eigenvalue weighted by molar-refractivity contribution is 9.10. The second-order valence-corrected chi connectivity index (χ2v) is 5.62. The van der Waals surface area contributed by atoms with Crippen LogP contribution in [0.3, 0.4) is 0 Å². The molecule has 20 heavy (non-hydrogen) atoms. The lowest BCUT2D eigenvalue weighted by molar-refractivity contribution is 0.100. The molecular weight excluding hydrogens is 318 g/mol. The van der Waals surface area contributed by atoms with Gasteiger partial charge >= 0.3 is 0 Å². The average molecular weight is 334 g/mol. The number of hydrogen-bond acceptors (Lipinski definition) is 3. The van der Waals surface area contributed by atoms with Crippen molar-refractivity contribution in [2.75, 3.05) is 11.1 Å². The first-order valence-electron chi connectivity index (χ1n) is 6.11. The third-order valence-electron chi connectivity index (χ3n) is 3.09. The van der Waals surface area contributed by atoms with Crippen molar-refractivity contribution in [2.24, 2.45) is 5.73 Å². The van der Waals surface area contributed by atoms with Gasteiger partial charge in [0, 0.05) is 15.7 Å². The predicted molar refractivity (Wildman–Crippen MR) is 86.3 cm³/mol. The van der Waals surface area contributed by atoms with Gasteiger partial charge in [-0.25, -0.2) is 0 Å². The Labute approximate surface area is 126 Å². The van der Waals surface area contributed by atoms with Gasteiger partial charge in [-0.3, -0.25) is 4.79 Å². The van der Waals surface area contributed by atoms with E-state index in [1.165, 1.54) is 0 Å². The minimum absolute atomic E-state index is 0.400. The molecule has 0 aliphatic heterocycles. The summed E-state index contributed by atoms with van der Waals surface area (Å²) >= 11 is 3.47. The van der Waals surface area contributed by atoms with Crippen LogP contribution >= 0.6 is 15.9 Å². The number of primary amides is 1. The van der Waals surface area contributed by atoms with Crippen molar-refractivity contribution >= 4 is 38.9 Å². The highest BCUT2D eigenvalue weighted by Gasteiger charge is 2.08. The fraction of sp³-hybridized carbons (Fsp3) is 0.133. The van der Waals surface area contributed by atoms with Crippen LogP contribution in [0.2, 0.25) is 0 Å². The molecule has 5 heteroatoms. The summed E-state index contributed by atoms with van der Waals surface area (Å²) in [6.45, 7) is 4.04. The van der Waals surface area contributed by atoms with Crippen molar-refractivity contribution in [3.05, 3.63) is 51.5 Å². The number of benzene rings is 2. The number of nitrogens with two attached hydrogens (primary N) is 2. The molecule has 0 aliphatic carbocycles. The smallest absolute Gasteiger partial charge is 0.248 e. The van der Waals surface area contributed by atoms with Crippen molar-refractivity contribution in [3.8, 4) is 0 Å². The molecule has 0 spiro atoms. The molecule has 0 saturated carbocycles. The van der Waals surface area contributed by atoms with E-state index in [0.717, 1.165) is 27.0 Å². The predicted octanol–water partition coefficient (Wildman–Crippen LogP) is 3.49. The topological polar surface area (TPSA) is 81.1 Å². The van der Waals surface area contributed by atoms with Gasteiger partial charge in [0.2, 0.25) is 5.91 Å². The second kappa shape index (κ2) is 5.54. The summed E-state index contributed by atoms with van der Waals surface area (Å²) in [7, 11) is 0. The van der Waals surface area contributed by atoms with Crippen LogP contribution in [0.25, 0.3) is 0 Å². The molecule has 0 unspecified atom stereocenters. The van der Waals surface area contributed by atoms with Crippen molar-refractivity contribution in [1.82, 2.24) is 0 Å². The van der Waals surface area contributed by atoms with Gasteiger partial charge in [0.25, 0.3) is 0 Å². The van der Waals surface area contributed by atoms with Crippen LogP contribution < -0.4 is 16.8 Å². The highest BCUT2D eigenvalue weighted by atomic mass is 79.9. The minimum Gasteiger partial charge on any atom is -0.397 e. The molecular formula is C15H16BrN3O. The number of hydrogen-bond donors (Lipinski definition) is 3. The lowest BCUT2D eigenvalue weighted by Gasteiger charge is -2.15. The Bertz CT molecular complexity index is 660. The van der Waals surface area contributed by atoms with E-state index >= 15 is 0 Å². The monoisotopic (exact) mass is 333 g/mol. The zero-order valence-electron chi connectivity index (χ0n) is 11.3. The largest absolute Gasteiger partial charge is 0.397 e. The number of rotatable bonds is 3. The standard InChI is InChI=1S/C15H16BrN3O/c1-8-5-11(16)6-9(2)14(8)19-13-4-3-10(15(18)20)7-12(13)17/h3-7,19H,17H2,1-2H3,(H2,18,20). The van der Waals surface area contributed by atoms with E-state index in [9.17, 15) is 4.79 Å². The van der Waals surface area contributed by atoms with E-state index in [-0.39, 0.29) is 0 Å². The van der Waals surface area contributed by atoms with Gasteiger partial charge < -0.3 is 16.8 Å². The van der Waals surface area contributed by atoms with Crippen LogP contribution in [0, 0.1) is 13.8 Å². The van der Waals surface area contributed by atoms with Crippen LogP contribution in [-0.4, -0.2) is 5.91 Å². The van der Waals surface area contributed by atoms with Crippen LogP contribution in [0.4, 0.5) is 17.1 Å². The summed E-state index contributed by atoms with van der Waals surface area (Å²) in [6.07, 6.45) is 0. The number of amides is 1. The van der Waals surface area contributed by atoms with E-state index < -0.39 is 5.91 Å². The maximum Gasteiger partial charge on any atom is 0.248 e. The Morgan fingerprint density at radius 3 is 2.25 bits per heavy atom. The summed E-state index contributed by atoms with van der Waals surface area (Å²) in [4.78, 5) is 11.1. The summed E-state index contributed by atoms with van der Waals surface area (Å²) in [5.41, 5.74) is 16.0. The molecule has 4 nitrogen and oxygen atoms in total. The van der Waals surface area contributed by atoms with Gasteiger partial charge in [-0.1, -0.05) is 15.9 Å². The Morgan fingerprint density at radius 1 is 1.15 bits per heavy atom. The summed E-state index contributed by atoms with van der Waals surface area (Å²) in [6, 6.07) is 9.06. The Kier molecular flexibility index (Phi) is 3.99. The molecule has 5 N–H and O–H groups in total. The third kappa shape index (κ3) is 2.93. The molecule has 1 amide bonds. The van der Waals surface area contributed by atoms with E-state index in [1.807, 2.05) is 26.0 Å². The molecule has 2 rings (SSSR count). The molecule has 104 valence electrons. The first-order valence-corrected chi connectivity index (χ1v) is 6.91. The zero-order chi connectivity index (χ0) is 14.9. The maximum absolute atomic E-state index is 11.1. The fourth-order valence-electron chi connectivity index (χ4n) is 2.07. The van der Waals surface area contributed by atoms with Crippen molar-refractivity contribution in [1.29, 1.82) is 0 Å². The maximum atomic E-state index is 11.1. The Morgan fingerprint density at radius 2 is 1.75 bits per heavy atom. The van der Waals surface area contributed by atoms with Crippen molar-refractivity contribution < 1.29 is 4.79 Å². The number of nitrogens with one attached hydrogen (secondary N) is 1. The molecule has 0 radical (unpaired) electrons. The van der Waals surface area contributed by atoms with Gasteiger partial charge in [-0.15, -0.1) is 0 Å². The van der Waals surface area contributed by atoms with Gasteiger partial charge in [0.15, 0.2) is 0 Å². The number of anilines is 3. The van der Waals surface area contributed by atoms with Crippen molar-refractivity contribution in [3.63, 3.8) is 0 Å². The molecule has 0 aliphatic rings. The van der Waals surface area contributed by atoms with Gasteiger partial charge in [0.1, 0.15) is 0 Å². The van der Waals surface area contributed by atoms with Crippen molar-refractivity contribution in [2.45, 2.75) is 13.8 Å². The molecule has 2 aromatic rings. The van der Waals surface area contributed by atoms with Gasteiger partial charge in [-0.2, -0.15) is 0 Å². The molecule has 2 aromatic carbocycles. The zero-order valence-corrected chi connectivity index (χ0v) is 12.9. The number of halogens is 1. The number of carbonyl (C=O) groups is 1. The molecule has 0 bridgehead atoms. The quantitative estimate of drug-likeness (QED) is 0.752. The van der Waals surface area contributed by atoms with Crippen LogP contribution in [-0.2, 0) is 0 Å². The third-order valence-corrected chi connectivity index (χ3v) is 3.55. The number of nitrogen functional groups attached to an aromatic ring is 1. The normalized spacial score (nSPS) is 10.3. The summed E-state index contributed by atoms with van der Waals surface area (Å²) in [5, 5.41) is 3.30. The molecule has 0 heterocycles. The average Bonchev–Trinajstić information content (AvgIpc) is 2.34. The highest BCUT2D eigenvalue weighted by Crippen LogP contribution is 2.30. The Hall–Kier alpha value is -2.01. The summed E-state index contributed by atoms with van der Waals surface area (Å²) < 4.78 is 1.04. The first kappa shape index (κ1) is 14.4. The second-order valence-electron chi connectivity index (χ2n) is 4.71. The van der Waals surface area contributed by atoms with Gasteiger partial charge in [-0.05, 0) is 55.3 Å². The number of carbonyl (C=O) groups excluding carboxylic acids is 1. The molecule has 0 saturated heterocycles.